The van der Waals surface area contributed by atoms with Gasteiger partial charge in [0, 0.05) is 6.07 Å². The number of benzene rings is 2. The van der Waals surface area contributed by atoms with E-state index in [0.29, 0.717) is 12.1 Å². The van der Waals surface area contributed by atoms with Crippen LogP contribution in [0.3, 0.4) is 0 Å². The van der Waals surface area contributed by atoms with Gasteiger partial charge in [0.15, 0.2) is 0 Å². The topological polar surface area (TPSA) is 63.7 Å². The Balaban J connectivity index is 1.92. The molecule has 20 heavy (non-hydrogen) atoms. The minimum atomic E-state index is 0.534. The molecule has 98 valence electrons. The summed E-state index contributed by atoms with van der Waals surface area (Å²) in [5.41, 5.74) is 3.25. The summed E-state index contributed by atoms with van der Waals surface area (Å²) < 4.78 is 5.17. The van der Waals surface area contributed by atoms with Crippen molar-refractivity contribution in [3.8, 4) is 11.8 Å². The van der Waals surface area contributed by atoms with E-state index in [0.717, 1.165) is 22.3 Å². The molecule has 0 unspecified atom stereocenters. The van der Waals surface area contributed by atoms with Crippen molar-refractivity contribution in [1.82, 2.24) is 15.0 Å². The zero-order chi connectivity index (χ0) is 13.9. The van der Waals surface area contributed by atoms with Crippen LogP contribution in [0.4, 0.5) is 0 Å². The fourth-order valence-corrected chi connectivity index (χ4v) is 2.04. The Morgan fingerprint density at radius 2 is 2.00 bits per heavy atom. The molecule has 0 fully saturated rings. The first-order chi connectivity index (χ1) is 9.78. The van der Waals surface area contributed by atoms with Gasteiger partial charge in [0.2, 0.25) is 0 Å². The summed E-state index contributed by atoms with van der Waals surface area (Å²) in [5, 5.41) is 17.7. The van der Waals surface area contributed by atoms with Crippen molar-refractivity contribution in [1.29, 1.82) is 5.26 Å². The van der Waals surface area contributed by atoms with Crippen LogP contribution in [0.2, 0.25) is 0 Å². The molecule has 5 heteroatoms. The first-order valence-electron chi connectivity index (χ1n) is 6.16. The summed E-state index contributed by atoms with van der Waals surface area (Å²) in [4.78, 5) is 1.63. The molecule has 1 aromatic heterocycles. The maximum atomic E-state index is 8.90. The van der Waals surface area contributed by atoms with Gasteiger partial charge < -0.3 is 4.74 Å². The van der Waals surface area contributed by atoms with E-state index in [1.165, 1.54) is 0 Å². The zero-order valence-corrected chi connectivity index (χ0v) is 10.9. The molecule has 0 saturated heterocycles. The molecular formula is C15H12N4O. The minimum Gasteiger partial charge on any atom is -0.497 e. The molecule has 0 bridgehead atoms. The molecule has 0 atom stereocenters. The van der Waals surface area contributed by atoms with E-state index in [1.54, 1.807) is 18.0 Å². The van der Waals surface area contributed by atoms with Crippen LogP contribution in [0.1, 0.15) is 11.1 Å². The third kappa shape index (κ3) is 2.31. The van der Waals surface area contributed by atoms with Crippen molar-refractivity contribution in [2.24, 2.45) is 0 Å². The highest BCUT2D eigenvalue weighted by atomic mass is 16.5. The van der Waals surface area contributed by atoms with Gasteiger partial charge in [-0.25, -0.2) is 0 Å². The number of hydrogen-bond acceptors (Lipinski definition) is 4. The number of fused-ring (bicyclic) bond motifs is 1. The Hall–Kier alpha value is -2.87. The Labute approximate surface area is 116 Å². The largest absolute Gasteiger partial charge is 0.497 e. The van der Waals surface area contributed by atoms with Crippen LogP contribution in [0, 0.1) is 11.3 Å². The first-order valence-corrected chi connectivity index (χ1v) is 6.16. The van der Waals surface area contributed by atoms with Crippen LogP contribution in [-0.4, -0.2) is 22.1 Å². The summed E-state index contributed by atoms with van der Waals surface area (Å²) in [5.74, 6) is 0.760. The molecule has 0 aliphatic heterocycles. The van der Waals surface area contributed by atoms with Gasteiger partial charge in [0.05, 0.1) is 25.3 Å². The SMILES string of the molecule is COc1ccc2nn(Cc3cccc(C#N)c3)nc2c1. The van der Waals surface area contributed by atoms with E-state index in [-0.39, 0.29) is 0 Å². The average Bonchev–Trinajstić information content (AvgIpc) is 2.88. The lowest BCUT2D eigenvalue weighted by molar-refractivity contribution is 0.415. The molecule has 0 saturated carbocycles. The maximum Gasteiger partial charge on any atom is 0.121 e. The number of methoxy groups -OCH3 is 1. The monoisotopic (exact) mass is 264 g/mol. The summed E-state index contributed by atoms with van der Waals surface area (Å²) in [6, 6.07) is 15.2. The number of nitrogens with zero attached hydrogens (tertiary/aromatic N) is 4. The Bertz CT molecular complexity index is 801. The lowest BCUT2D eigenvalue weighted by Gasteiger charge is -2.00. The summed E-state index contributed by atoms with van der Waals surface area (Å²) in [6.45, 7) is 0.534. The van der Waals surface area contributed by atoms with E-state index in [9.17, 15) is 0 Å². The molecule has 0 spiro atoms. The Morgan fingerprint density at radius 1 is 1.15 bits per heavy atom. The Kier molecular flexibility index (Phi) is 3.05. The molecule has 0 aliphatic rings. The second-order valence-electron chi connectivity index (χ2n) is 4.40. The van der Waals surface area contributed by atoms with E-state index < -0.39 is 0 Å². The van der Waals surface area contributed by atoms with Gasteiger partial charge >= 0.3 is 0 Å². The second kappa shape index (κ2) is 5.02. The molecule has 2 aromatic carbocycles. The van der Waals surface area contributed by atoms with Gasteiger partial charge in [-0.3, -0.25) is 0 Å². The normalized spacial score (nSPS) is 10.4. The molecule has 5 nitrogen and oxygen atoms in total. The van der Waals surface area contributed by atoms with Crippen molar-refractivity contribution >= 4 is 11.0 Å². The molecule has 0 aliphatic carbocycles. The van der Waals surface area contributed by atoms with Gasteiger partial charge in [0.25, 0.3) is 0 Å². The van der Waals surface area contributed by atoms with E-state index in [2.05, 4.69) is 16.3 Å². The predicted octanol–water partition coefficient (Wildman–Crippen LogP) is 2.36. The molecule has 3 aromatic rings. The summed E-state index contributed by atoms with van der Waals surface area (Å²) in [7, 11) is 1.62. The molecule has 0 N–H and O–H groups in total. The fourth-order valence-electron chi connectivity index (χ4n) is 2.04. The predicted molar refractivity (Wildman–Crippen MR) is 74.3 cm³/mol. The molecule has 0 amide bonds. The summed E-state index contributed by atoms with van der Waals surface area (Å²) >= 11 is 0. The van der Waals surface area contributed by atoms with Crippen molar-refractivity contribution in [2.45, 2.75) is 6.54 Å². The number of aromatic nitrogens is 3. The number of rotatable bonds is 3. The molecule has 3 rings (SSSR count). The van der Waals surface area contributed by atoms with Gasteiger partial charge in [-0.15, -0.1) is 0 Å². The molecule has 0 radical (unpaired) electrons. The fraction of sp³-hybridized carbons (Fsp3) is 0.133. The lowest BCUT2D eigenvalue weighted by atomic mass is 10.1. The second-order valence-corrected chi connectivity index (χ2v) is 4.40. The van der Waals surface area contributed by atoms with Gasteiger partial charge in [-0.2, -0.15) is 20.3 Å². The van der Waals surface area contributed by atoms with Gasteiger partial charge in [-0.1, -0.05) is 12.1 Å². The standard InChI is InChI=1S/C15H12N4O/c1-20-13-5-6-14-15(8-13)18-19(17-14)10-12-4-2-3-11(7-12)9-16/h2-8H,10H2,1H3. The van der Waals surface area contributed by atoms with Crippen LogP contribution in [-0.2, 0) is 6.54 Å². The van der Waals surface area contributed by atoms with Crippen molar-refractivity contribution in [2.75, 3.05) is 7.11 Å². The van der Waals surface area contributed by atoms with Crippen LogP contribution >= 0.6 is 0 Å². The minimum absolute atomic E-state index is 0.534. The van der Waals surface area contributed by atoms with Gasteiger partial charge in [0.1, 0.15) is 16.8 Å². The maximum absolute atomic E-state index is 8.90. The first kappa shape index (κ1) is 12.2. The van der Waals surface area contributed by atoms with Crippen molar-refractivity contribution in [3.63, 3.8) is 0 Å². The Morgan fingerprint density at radius 3 is 2.80 bits per heavy atom. The van der Waals surface area contributed by atoms with Crippen LogP contribution in [0.25, 0.3) is 11.0 Å². The molecule has 1 heterocycles. The molecular weight excluding hydrogens is 252 g/mol. The number of ether oxygens (including phenoxy) is 1. The van der Waals surface area contributed by atoms with Crippen molar-refractivity contribution in [3.05, 3.63) is 53.6 Å². The number of nitriles is 1. The zero-order valence-electron chi connectivity index (χ0n) is 10.9. The number of hydrogen-bond donors (Lipinski definition) is 0. The van der Waals surface area contributed by atoms with E-state index in [1.807, 2.05) is 36.4 Å². The third-order valence-corrected chi connectivity index (χ3v) is 3.01. The smallest absolute Gasteiger partial charge is 0.121 e. The van der Waals surface area contributed by atoms with Crippen LogP contribution < -0.4 is 4.74 Å². The highest BCUT2D eigenvalue weighted by molar-refractivity contribution is 5.75. The van der Waals surface area contributed by atoms with E-state index >= 15 is 0 Å². The lowest BCUT2D eigenvalue weighted by Crippen LogP contribution is -2.03. The summed E-state index contributed by atoms with van der Waals surface area (Å²) in [6.07, 6.45) is 0. The highest BCUT2D eigenvalue weighted by Gasteiger charge is 2.05. The highest BCUT2D eigenvalue weighted by Crippen LogP contribution is 2.17. The van der Waals surface area contributed by atoms with Gasteiger partial charge in [-0.05, 0) is 29.8 Å². The van der Waals surface area contributed by atoms with Crippen molar-refractivity contribution < 1.29 is 4.74 Å². The average molecular weight is 264 g/mol. The van der Waals surface area contributed by atoms with E-state index in [4.69, 9.17) is 10.00 Å². The van der Waals surface area contributed by atoms with Crippen LogP contribution in [0.5, 0.6) is 5.75 Å². The van der Waals surface area contributed by atoms with Crippen LogP contribution in [0.15, 0.2) is 42.5 Å². The quantitative estimate of drug-likeness (QED) is 0.728. The third-order valence-electron chi connectivity index (χ3n) is 3.01.